The zero-order valence-electron chi connectivity index (χ0n) is 14.4. The van der Waals surface area contributed by atoms with Crippen LogP contribution in [0.2, 0.25) is 0 Å². The highest BCUT2D eigenvalue weighted by atomic mass is 79.9. The van der Waals surface area contributed by atoms with Crippen LogP contribution in [0, 0.1) is 0 Å². The number of nitrogens with one attached hydrogen (secondary N) is 2. The fraction of sp³-hybridized carbons (Fsp3) is 0.300. The molecule has 3 aromatic rings. The monoisotopic (exact) mass is 412 g/mol. The van der Waals surface area contributed by atoms with Gasteiger partial charge in [0.1, 0.15) is 5.82 Å². The second kappa shape index (κ2) is 7.60. The molecule has 5 nitrogen and oxygen atoms in total. The van der Waals surface area contributed by atoms with Gasteiger partial charge in [0, 0.05) is 22.6 Å². The van der Waals surface area contributed by atoms with Gasteiger partial charge in [-0.3, -0.25) is 9.69 Å². The maximum Gasteiger partial charge on any atom is 0.238 e. The SMILES string of the molecule is O=C(CN1CCCC(c2nc3ccccc3[nH]2)C1)Nc1ccc(Br)cc1. The molecule has 1 unspecified atom stereocenters. The lowest BCUT2D eigenvalue weighted by molar-refractivity contribution is -0.117. The van der Waals surface area contributed by atoms with Gasteiger partial charge in [-0.15, -0.1) is 0 Å². The zero-order valence-corrected chi connectivity index (χ0v) is 16.0. The topological polar surface area (TPSA) is 61.0 Å². The molecule has 2 heterocycles. The summed E-state index contributed by atoms with van der Waals surface area (Å²) in [7, 11) is 0. The first-order valence-corrected chi connectivity index (χ1v) is 9.69. The number of nitrogens with zero attached hydrogens (tertiary/aromatic N) is 2. The van der Waals surface area contributed by atoms with Crippen molar-refractivity contribution in [3.05, 3.63) is 58.8 Å². The average molecular weight is 413 g/mol. The van der Waals surface area contributed by atoms with Crippen molar-refractivity contribution in [3.8, 4) is 0 Å². The van der Waals surface area contributed by atoms with Gasteiger partial charge in [0.25, 0.3) is 0 Å². The van der Waals surface area contributed by atoms with Crippen LogP contribution in [-0.4, -0.2) is 40.4 Å². The molecule has 1 amide bonds. The van der Waals surface area contributed by atoms with E-state index in [1.54, 1.807) is 0 Å². The Morgan fingerprint density at radius 2 is 2.04 bits per heavy atom. The van der Waals surface area contributed by atoms with Gasteiger partial charge in [-0.05, 0) is 55.8 Å². The molecular weight excluding hydrogens is 392 g/mol. The molecule has 0 aliphatic carbocycles. The number of para-hydroxylation sites is 2. The molecule has 0 bridgehead atoms. The third-order valence-corrected chi connectivity index (χ3v) is 5.32. The van der Waals surface area contributed by atoms with E-state index >= 15 is 0 Å². The van der Waals surface area contributed by atoms with E-state index in [-0.39, 0.29) is 5.91 Å². The van der Waals surface area contributed by atoms with Crippen molar-refractivity contribution >= 4 is 38.6 Å². The van der Waals surface area contributed by atoms with Gasteiger partial charge in [-0.25, -0.2) is 4.98 Å². The summed E-state index contributed by atoms with van der Waals surface area (Å²) < 4.78 is 1.00. The highest BCUT2D eigenvalue weighted by Gasteiger charge is 2.25. The van der Waals surface area contributed by atoms with E-state index in [9.17, 15) is 4.79 Å². The molecule has 1 aromatic heterocycles. The molecule has 1 aliphatic rings. The average Bonchev–Trinajstić information content (AvgIpc) is 3.08. The summed E-state index contributed by atoms with van der Waals surface area (Å²) in [5.74, 6) is 1.40. The maximum absolute atomic E-state index is 12.4. The Balaban J connectivity index is 1.38. The Kier molecular flexibility index (Phi) is 5.04. The summed E-state index contributed by atoms with van der Waals surface area (Å²) >= 11 is 3.40. The predicted octanol–water partition coefficient (Wildman–Crippen LogP) is 4.14. The molecule has 0 spiro atoms. The number of imidazole rings is 1. The van der Waals surface area contributed by atoms with Crippen LogP contribution in [0.4, 0.5) is 5.69 Å². The maximum atomic E-state index is 12.4. The lowest BCUT2D eigenvalue weighted by atomic mass is 9.97. The number of hydrogen-bond donors (Lipinski definition) is 2. The number of H-pyrrole nitrogens is 1. The zero-order chi connectivity index (χ0) is 17.9. The Bertz CT molecular complexity index is 873. The van der Waals surface area contributed by atoms with Crippen molar-refractivity contribution in [3.63, 3.8) is 0 Å². The first kappa shape index (κ1) is 17.2. The number of hydrogen-bond acceptors (Lipinski definition) is 3. The Morgan fingerprint density at radius 3 is 2.85 bits per heavy atom. The summed E-state index contributed by atoms with van der Waals surface area (Å²) in [5, 5.41) is 2.97. The lowest BCUT2D eigenvalue weighted by Crippen LogP contribution is -2.40. The van der Waals surface area contributed by atoms with Crippen LogP contribution in [-0.2, 0) is 4.79 Å². The molecule has 1 saturated heterocycles. The molecule has 1 atom stereocenters. The summed E-state index contributed by atoms with van der Waals surface area (Å²) in [6.07, 6.45) is 2.18. The molecule has 4 rings (SSSR count). The molecule has 1 aliphatic heterocycles. The molecule has 1 fully saturated rings. The normalized spacial score (nSPS) is 18.1. The van der Waals surface area contributed by atoms with Crippen molar-refractivity contribution in [1.82, 2.24) is 14.9 Å². The number of carbonyl (C=O) groups is 1. The summed E-state index contributed by atoms with van der Waals surface area (Å²) in [4.78, 5) is 22.8. The van der Waals surface area contributed by atoms with Crippen molar-refractivity contribution in [2.75, 3.05) is 25.0 Å². The standard InChI is InChI=1S/C20H21BrN4O/c21-15-7-9-16(10-8-15)22-19(26)13-25-11-3-4-14(12-25)20-23-17-5-1-2-6-18(17)24-20/h1-2,5-10,14H,3-4,11-13H2,(H,22,26)(H,23,24). The number of aromatic nitrogens is 2. The number of benzene rings is 2. The van der Waals surface area contributed by atoms with Gasteiger partial charge in [-0.1, -0.05) is 28.1 Å². The number of fused-ring (bicyclic) bond motifs is 1. The fourth-order valence-corrected chi connectivity index (χ4v) is 3.79. The van der Waals surface area contributed by atoms with Crippen LogP contribution in [0.3, 0.4) is 0 Å². The predicted molar refractivity (Wildman–Crippen MR) is 107 cm³/mol. The highest BCUT2D eigenvalue weighted by molar-refractivity contribution is 9.10. The quantitative estimate of drug-likeness (QED) is 0.676. The minimum absolute atomic E-state index is 0.0255. The Hall–Kier alpha value is -2.18. The number of aromatic amines is 1. The van der Waals surface area contributed by atoms with E-state index in [1.165, 1.54) is 0 Å². The van der Waals surface area contributed by atoms with Gasteiger partial charge in [0.15, 0.2) is 0 Å². The largest absolute Gasteiger partial charge is 0.342 e. The number of carbonyl (C=O) groups excluding carboxylic acids is 1. The van der Waals surface area contributed by atoms with Gasteiger partial charge >= 0.3 is 0 Å². The number of likely N-dealkylation sites (tertiary alicyclic amines) is 1. The van der Waals surface area contributed by atoms with Crippen LogP contribution in [0.25, 0.3) is 11.0 Å². The van der Waals surface area contributed by atoms with Gasteiger partial charge in [0.2, 0.25) is 5.91 Å². The third-order valence-electron chi connectivity index (χ3n) is 4.80. The van der Waals surface area contributed by atoms with Crippen LogP contribution in [0.5, 0.6) is 0 Å². The lowest BCUT2D eigenvalue weighted by Gasteiger charge is -2.31. The van der Waals surface area contributed by atoms with E-state index in [2.05, 4.69) is 37.2 Å². The first-order valence-electron chi connectivity index (χ1n) is 8.90. The Labute approximate surface area is 160 Å². The molecule has 0 saturated carbocycles. The second-order valence-corrected chi connectivity index (χ2v) is 7.68. The van der Waals surface area contributed by atoms with Crippen LogP contribution in [0.1, 0.15) is 24.6 Å². The van der Waals surface area contributed by atoms with E-state index in [0.717, 1.165) is 52.9 Å². The van der Waals surface area contributed by atoms with Crippen LogP contribution >= 0.6 is 15.9 Å². The molecule has 134 valence electrons. The van der Waals surface area contributed by atoms with Crippen LogP contribution < -0.4 is 5.32 Å². The number of amides is 1. The smallest absolute Gasteiger partial charge is 0.238 e. The van der Waals surface area contributed by atoms with Gasteiger partial charge in [-0.2, -0.15) is 0 Å². The highest BCUT2D eigenvalue weighted by Crippen LogP contribution is 2.26. The second-order valence-electron chi connectivity index (χ2n) is 6.77. The van der Waals surface area contributed by atoms with E-state index in [0.29, 0.717) is 12.5 Å². The molecule has 26 heavy (non-hydrogen) atoms. The molecular formula is C20H21BrN4O. The number of rotatable bonds is 4. The number of anilines is 1. The van der Waals surface area contributed by atoms with Crippen molar-refractivity contribution in [2.24, 2.45) is 0 Å². The minimum Gasteiger partial charge on any atom is -0.342 e. The molecule has 2 N–H and O–H groups in total. The molecule has 6 heteroatoms. The van der Waals surface area contributed by atoms with E-state index in [1.807, 2.05) is 42.5 Å². The fourth-order valence-electron chi connectivity index (χ4n) is 3.53. The van der Waals surface area contributed by atoms with Crippen molar-refractivity contribution in [2.45, 2.75) is 18.8 Å². The first-order chi connectivity index (χ1) is 12.7. The summed E-state index contributed by atoms with van der Waals surface area (Å²) in [6.45, 7) is 2.21. The Morgan fingerprint density at radius 1 is 1.23 bits per heavy atom. The summed E-state index contributed by atoms with van der Waals surface area (Å²) in [6, 6.07) is 15.8. The van der Waals surface area contributed by atoms with Gasteiger partial charge < -0.3 is 10.3 Å². The van der Waals surface area contributed by atoms with E-state index < -0.39 is 0 Å². The van der Waals surface area contributed by atoms with Crippen molar-refractivity contribution < 1.29 is 4.79 Å². The molecule has 2 aromatic carbocycles. The van der Waals surface area contributed by atoms with E-state index in [4.69, 9.17) is 4.98 Å². The number of halogens is 1. The van der Waals surface area contributed by atoms with Crippen LogP contribution in [0.15, 0.2) is 53.0 Å². The molecule has 0 radical (unpaired) electrons. The number of piperidine rings is 1. The van der Waals surface area contributed by atoms with Gasteiger partial charge in [0.05, 0.1) is 17.6 Å². The van der Waals surface area contributed by atoms with Crippen molar-refractivity contribution in [1.29, 1.82) is 0 Å². The third kappa shape index (κ3) is 3.97. The minimum atomic E-state index is 0.0255. The summed E-state index contributed by atoms with van der Waals surface area (Å²) in [5.41, 5.74) is 2.91.